The molecule has 0 spiro atoms. The van der Waals surface area contributed by atoms with Crippen LogP contribution in [0.4, 0.5) is 0 Å². The fourth-order valence-electron chi connectivity index (χ4n) is 3.53. The highest BCUT2D eigenvalue weighted by atomic mass is 16.9. The molecular weight excluding hydrogens is 478 g/mol. The van der Waals surface area contributed by atoms with E-state index in [1.165, 1.54) is 0 Å². The van der Waals surface area contributed by atoms with E-state index >= 15 is 0 Å². The third-order valence-electron chi connectivity index (χ3n) is 5.56. The molecule has 192 valence electrons. The molecule has 34 heavy (non-hydrogen) atoms. The lowest BCUT2D eigenvalue weighted by molar-refractivity contribution is -0.452. The van der Waals surface area contributed by atoms with E-state index in [0.29, 0.717) is 12.1 Å². The Hall–Kier alpha value is -2.27. The lowest BCUT2D eigenvalue weighted by Crippen LogP contribution is -2.70. The molecule has 1 amide bonds. The van der Waals surface area contributed by atoms with Crippen LogP contribution in [0.5, 0.6) is 11.5 Å². The average molecular weight is 499 g/mol. The van der Waals surface area contributed by atoms with Gasteiger partial charge in [0.05, 0.1) is 5.92 Å². The van der Waals surface area contributed by atoms with Gasteiger partial charge in [0.25, 0.3) is 34.8 Å². The van der Waals surface area contributed by atoms with Gasteiger partial charge in [-0.3, -0.25) is 4.79 Å². The van der Waals surface area contributed by atoms with Crippen molar-refractivity contribution in [1.82, 2.24) is 5.32 Å². The summed E-state index contributed by atoms with van der Waals surface area (Å²) in [6, 6.07) is 2.10. The Balaban J connectivity index is 2.18. The van der Waals surface area contributed by atoms with Gasteiger partial charge < -0.3 is 86.3 Å². The van der Waals surface area contributed by atoms with Gasteiger partial charge in [-0.25, -0.2) is 0 Å². The average Bonchev–Trinajstić information content (AvgIpc) is 2.95. The van der Waals surface area contributed by atoms with E-state index in [-0.39, 0.29) is 5.56 Å². The molecule has 3 rings (SSSR count). The molecule has 0 bridgehead atoms. The molecule has 1 aliphatic heterocycles. The normalized spacial score (nSPS) is 27.8. The molecule has 1 saturated carbocycles. The highest BCUT2D eigenvalue weighted by Crippen LogP contribution is 2.55. The van der Waals surface area contributed by atoms with Crippen LogP contribution in [0.3, 0.4) is 0 Å². The lowest BCUT2D eigenvalue weighted by Gasteiger charge is -2.39. The highest BCUT2D eigenvalue weighted by molar-refractivity contribution is 5.87. The molecule has 15 N–H and O–H groups in total. The Morgan fingerprint density at radius 1 is 0.794 bits per heavy atom. The van der Waals surface area contributed by atoms with Crippen molar-refractivity contribution in [2.75, 3.05) is 6.54 Å². The van der Waals surface area contributed by atoms with E-state index in [4.69, 9.17) is 15.3 Å². The topological polar surface area (TPSA) is 331 Å². The third-order valence-corrected chi connectivity index (χ3v) is 5.56. The predicted octanol–water partition coefficient (Wildman–Crippen LogP) is -8.65. The third kappa shape index (κ3) is 3.26. The zero-order valence-electron chi connectivity index (χ0n) is 16.5. The first-order chi connectivity index (χ1) is 15.0. The van der Waals surface area contributed by atoms with Crippen LogP contribution in [0, 0.1) is 0 Å². The summed E-state index contributed by atoms with van der Waals surface area (Å²) in [5.74, 6) is -31.8. The van der Waals surface area contributed by atoms with E-state index < -0.39 is 70.8 Å². The minimum Gasteiger partial charge on any atom is -0.448 e. The first-order valence-corrected chi connectivity index (χ1v) is 8.98. The number of ether oxygens (including phenoxy) is 2. The minimum absolute atomic E-state index is 0.326. The minimum atomic E-state index is -4.75. The van der Waals surface area contributed by atoms with Crippen molar-refractivity contribution in [3.05, 3.63) is 23.8 Å². The Labute approximate surface area is 186 Å². The van der Waals surface area contributed by atoms with Crippen LogP contribution in [-0.4, -0.2) is 125 Å². The number of hydrogen-bond donors (Lipinski definition) is 15. The smallest absolute Gasteiger partial charge is 0.448 e. The predicted molar refractivity (Wildman–Crippen MR) is 93.6 cm³/mol. The maximum atomic E-state index is 11.6. The summed E-state index contributed by atoms with van der Waals surface area (Å²) in [5.41, 5.74) is -0.326. The Morgan fingerprint density at radius 3 is 1.71 bits per heavy atom. The monoisotopic (exact) mass is 499 g/mol. The zero-order valence-corrected chi connectivity index (χ0v) is 16.5. The van der Waals surface area contributed by atoms with Gasteiger partial charge in [0.1, 0.15) is 0 Å². The number of carbonyl (C=O) groups is 1. The summed E-state index contributed by atoms with van der Waals surface area (Å²) in [6.45, 7) is -0.430. The van der Waals surface area contributed by atoms with Gasteiger partial charge in [0, 0.05) is 6.54 Å². The van der Waals surface area contributed by atoms with Crippen molar-refractivity contribution in [2.24, 2.45) is 0 Å². The molecule has 2 aliphatic rings. The SMILES string of the molecule is O=C1NCC(c2ccc(OC(O)(O)O)c(OC3(O)C(O)(O)C(O)(O)C(O)(O)C3(O)O)c2)C1(O)O. The van der Waals surface area contributed by atoms with Crippen molar-refractivity contribution in [3.8, 4) is 11.5 Å². The molecule has 1 heterocycles. The van der Waals surface area contributed by atoms with Crippen LogP contribution in [0.25, 0.3) is 0 Å². The largest absolute Gasteiger partial charge is 0.453 e. The fourth-order valence-corrected chi connectivity index (χ4v) is 3.53. The maximum absolute atomic E-state index is 11.6. The number of aliphatic hydroxyl groups is 14. The van der Waals surface area contributed by atoms with E-state index in [0.717, 1.165) is 6.07 Å². The molecule has 2 fully saturated rings. The standard InChI is InChI=1S/C16H21NO17/c18-9-10(19,20)6(4-17-9)5-1-2-7(34-16(30,31)32)8(3-5)33-15(29)13(25,26)11(21,22)12(23,24)14(15,27)28/h1-3,6,19-32H,4H2,(H,17,18). The molecule has 18 heteroatoms. The summed E-state index contributed by atoms with van der Waals surface area (Å²) in [7, 11) is 0. The summed E-state index contributed by atoms with van der Waals surface area (Å²) < 4.78 is 8.89. The van der Waals surface area contributed by atoms with Crippen LogP contribution in [0.2, 0.25) is 0 Å². The van der Waals surface area contributed by atoms with Gasteiger partial charge in [0.2, 0.25) is 0 Å². The highest BCUT2D eigenvalue weighted by Gasteiger charge is 2.93. The van der Waals surface area contributed by atoms with Crippen molar-refractivity contribution < 1.29 is 85.8 Å². The second-order valence-corrected chi connectivity index (χ2v) is 7.81. The van der Waals surface area contributed by atoms with Crippen LogP contribution >= 0.6 is 0 Å². The molecule has 0 radical (unpaired) electrons. The molecule has 1 aromatic carbocycles. The van der Waals surface area contributed by atoms with Crippen LogP contribution in [0.15, 0.2) is 18.2 Å². The summed E-state index contributed by atoms with van der Waals surface area (Å²) in [6.07, 6.45) is -3.99. The van der Waals surface area contributed by atoms with Gasteiger partial charge in [-0.2, -0.15) is 0 Å². The van der Waals surface area contributed by atoms with Crippen molar-refractivity contribution >= 4 is 5.91 Å². The van der Waals surface area contributed by atoms with Crippen LogP contribution in [-0.2, 0) is 4.79 Å². The number of rotatable bonds is 5. The molecule has 1 aromatic rings. The van der Waals surface area contributed by atoms with Crippen LogP contribution < -0.4 is 14.8 Å². The Morgan fingerprint density at radius 2 is 1.29 bits per heavy atom. The van der Waals surface area contributed by atoms with Gasteiger partial charge in [-0.15, -0.1) is 0 Å². The molecule has 1 atom stereocenters. The van der Waals surface area contributed by atoms with E-state index in [2.05, 4.69) is 14.8 Å². The Bertz CT molecular complexity index is 968. The number of benzene rings is 1. The van der Waals surface area contributed by atoms with Crippen molar-refractivity contribution in [2.45, 2.75) is 46.8 Å². The van der Waals surface area contributed by atoms with Gasteiger partial charge in [0.15, 0.2) is 11.5 Å². The molecule has 18 nitrogen and oxygen atoms in total. The number of hydrogen-bond acceptors (Lipinski definition) is 17. The second kappa shape index (κ2) is 7.13. The molecular formula is C16H21NO17. The Kier molecular flexibility index (Phi) is 5.52. The van der Waals surface area contributed by atoms with E-state index in [1.807, 2.05) is 0 Å². The second-order valence-electron chi connectivity index (χ2n) is 7.81. The summed E-state index contributed by atoms with van der Waals surface area (Å²) in [5, 5.41) is 139. The van der Waals surface area contributed by atoms with Gasteiger partial charge in [-0.1, -0.05) is 6.07 Å². The molecule has 1 unspecified atom stereocenters. The fraction of sp³-hybridized carbons (Fsp3) is 0.562. The van der Waals surface area contributed by atoms with Crippen molar-refractivity contribution in [3.63, 3.8) is 0 Å². The molecule has 1 saturated heterocycles. The molecule has 0 aromatic heterocycles. The lowest BCUT2D eigenvalue weighted by atomic mass is 9.92. The maximum Gasteiger partial charge on any atom is 0.453 e. The van der Waals surface area contributed by atoms with Gasteiger partial charge in [-0.05, 0) is 17.7 Å². The van der Waals surface area contributed by atoms with Crippen LogP contribution in [0.1, 0.15) is 11.5 Å². The first kappa shape index (κ1) is 26.3. The summed E-state index contributed by atoms with van der Waals surface area (Å²) >= 11 is 0. The number of amides is 1. The van der Waals surface area contributed by atoms with E-state index in [1.54, 1.807) is 0 Å². The van der Waals surface area contributed by atoms with Crippen molar-refractivity contribution in [1.29, 1.82) is 0 Å². The zero-order chi connectivity index (χ0) is 26.3. The number of carbonyl (C=O) groups excluding carboxylic acids is 1. The summed E-state index contributed by atoms with van der Waals surface area (Å²) in [4.78, 5) is 11.6. The van der Waals surface area contributed by atoms with E-state index in [9.17, 15) is 61.0 Å². The quantitative estimate of drug-likeness (QED) is 0.167. The van der Waals surface area contributed by atoms with Gasteiger partial charge >= 0.3 is 11.9 Å². The number of nitrogens with one attached hydrogen (secondary N) is 1. The molecule has 1 aliphatic carbocycles. The first-order valence-electron chi connectivity index (χ1n) is 8.98.